The van der Waals surface area contributed by atoms with E-state index in [1.807, 2.05) is 60.7 Å². The molecular formula is C29H34N6O2. The highest BCUT2D eigenvalue weighted by Crippen LogP contribution is 2.21. The van der Waals surface area contributed by atoms with Crippen molar-refractivity contribution >= 4 is 16.8 Å². The van der Waals surface area contributed by atoms with Gasteiger partial charge in [0.25, 0.3) is 5.56 Å². The predicted molar refractivity (Wildman–Crippen MR) is 145 cm³/mol. The number of hydrogen-bond donors (Lipinski definition) is 0. The second-order valence-corrected chi connectivity index (χ2v) is 9.92. The molecule has 3 heterocycles. The monoisotopic (exact) mass is 498 g/mol. The van der Waals surface area contributed by atoms with E-state index in [2.05, 4.69) is 39.4 Å². The number of aromatic nitrogens is 4. The van der Waals surface area contributed by atoms with Crippen molar-refractivity contribution in [3.63, 3.8) is 0 Å². The lowest BCUT2D eigenvalue weighted by Crippen LogP contribution is -2.48. The molecule has 1 fully saturated rings. The molecule has 0 N–H and O–H groups in total. The fourth-order valence-electron chi connectivity index (χ4n) is 5.11. The van der Waals surface area contributed by atoms with Crippen LogP contribution in [0.5, 0.6) is 0 Å². The first-order chi connectivity index (χ1) is 17.9. The zero-order chi connectivity index (χ0) is 25.9. The fraction of sp³-hybridized carbons (Fsp3) is 0.379. The molecule has 192 valence electrons. The van der Waals surface area contributed by atoms with Crippen molar-refractivity contribution in [2.75, 3.05) is 26.2 Å². The number of rotatable bonds is 7. The number of carbonyl (C=O) groups excluding carboxylic acids is 1. The minimum absolute atomic E-state index is 0.143. The number of hydrogen-bond acceptors (Lipinski definition) is 5. The summed E-state index contributed by atoms with van der Waals surface area (Å²) in [6.07, 6.45) is 0.972. The third-order valence-corrected chi connectivity index (χ3v) is 7.20. The summed E-state index contributed by atoms with van der Waals surface area (Å²) in [4.78, 5) is 30.4. The van der Waals surface area contributed by atoms with E-state index >= 15 is 0 Å². The molecule has 0 unspecified atom stereocenters. The molecule has 2 aromatic heterocycles. The van der Waals surface area contributed by atoms with Crippen LogP contribution in [0.15, 0.2) is 59.4 Å². The van der Waals surface area contributed by atoms with E-state index in [0.29, 0.717) is 24.9 Å². The lowest BCUT2D eigenvalue weighted by atomic mass is 10.2. The largest absolute Gasteiger partial charge is 0.340 e. The smallest absolute Gasteiger partial charge is 0.295 e. The summed E-state index contributed by atoms with van der Waals surface area (Å²) < 4.78 is 3.28. The molecular weight excluding hydrogens is 464 g/mol. The Hall–Kier alpha value is -3.78. The van der Waals surface area contributed by atoms with Gasteiger partial charge in [0.05, 0.1) is 22.5 Å². The second-order valence-electron chi connectivity index (χ2n) is 9.92. The highest BCUT2D eigenvalue weighted by atomic mass is 16.2. The standard InChI is InChI=1S/C29H34N6O2/c1-21-11-13-25(14-12-21)35-23(3)27-22(2)30-34(29(37)28(27)31-35)15-7-10-26(36)33-18-16-32(17-19-33)20-24-8-5-4-6-9-24/h4-6,8-9,11-14H,7,10,15-20H2,1-3H3. The first kappa shape index (κ1) is 24.9. The molecule has 0 bridgehead atoms. The van der Waals surface area contributed by atoms with E-state index in [0.717, 1.165) is 55.2 Å². The van der Waals surface area contributed by atoms with Crippen LogP contribution in [0, 0.1) is 20.8 Å². The number of nitrogens with zero attached hydrogens (tertiary/aromatic N) is 6. The van der Waals surface area contributed by atoms with Gasteiger partial charge in [0, 0.05) is 45.7 Å². The van der Waals surface area contributed by atoms with Gasteiger partial charge in [-0.05, 0) is 44.9 Å². The minimum atomic E-state index is -0.212. The lowest BCUT2D eigenvalue weighted by molar-refractivity contribution is -0.133. The number of carbonyl (C=O) groups is 1. The molecule has 1 amide bonds. The maximum absolute atomic E-state index is 13.2. The second kappa shape index (κ2) is 10.7. The molecule has 2 aromatic carbocycles. The van der Waals surface area contributed by atoms with Crippen molar-refractivity contribution in [3.05, 3.63) is 87.5 Å². The van der Waals surface area contributed by atoms with Gasteiger partial charge in [-0.25, -0.2) is 9.36 Å². The Bertz CT molecular complexity index is 1450. The van der Waals surface area contributed by atoms with Gasteiger partial charge in [-0.2, -0.15) is 10.2 Å². The lowest BCUT2D eigenvalue weighted by Gasteiger charge is -2.34. The molecule has 0 saturated carbocycles. The Morgan fingerprint density at radius 3 is 2.30 bits per heavy atom. The van der Waals surface area contributed by atoms with E-state index < -0.39 is 0 Å². The molecule has 5 rings (SSSR count). The van der Waals surface area contributed by atoms with Crippen molar-refractivity contribution < 1.29 is 4.79 Å². The van der Waals surface area contributed by atoms with E-state index in [-0.39, 0.29) is 11.5 Å². The summed E-state index contributed by atoms with van der Waals surface area (Å²) in [6.45, 7) is 10.5. The van der Waals surface area contributed by atoms with Crippen LogP contribution in [-0.2, 0) is 17.9 Å². The Balaban J connectivity index is 1.20. The summed E-state index contributed by atoms with van der Waals surface area (Å²) in [6, 6.07) is 18.5. The van der Waals surface area contributed by atoms with Gasteiger partial charge in [0.2, 0.25) is 5.91 Å². The summed E-state index contributed by atoms with van der Waals surface area (Å²) in [5, 5.41) is 10.0. The van der Waals surface area contributed by atoms with E-state index in [1.54, 1.807) is 0 Å². The quantitative estimate of drug-likeness (QED) is 0.389. The molecule has 1 aliphatic heterocycles. The number of piperazine rings is 1. The number of aryl methyl sites for hydroxylation is 4. The number of fused-ring (bicyclic) bond motifs is 1. The fourth-order valence-corrected chi connectivity index (χ4v) is 5.11. The van der Waals surface area contributed by atoms with E-state index in [9.17, 15) is 9.59 Å². The molecule has 8 heteroatoms. The van der Waals surface area contributed by atoms with Crippen LogP contribution in [0.4, 0.5) is 0 Å². The molecule has 37 heavy (non-hydrogen) atoms. The van der Waals surface area contributed by atoms with Crippen molar-refractivity contribution in [2.45, 2.75) is 46.7 Å². The van der Waals surface area contributed by atoms with Crippen LogP contribution >= 0.6 is 0 Å². The maximum Gasteiger partial charge on any atom is 0.295 e. The maximum atomic E-state index is 13.2. The van der Waals surface area contributed by atoms with Crippen molar-refractivity contribution in [3.8, 4) is 5.69 Å². The zero-order valence-electron chi connectivity index (χ0n) is 21.9. The number of benzene rings is 2. The van der Waals surface area contributed by atoms with Gasteiger partial charge in [-0.1, -0.05) is 48.0 Å². The molecule has 1 aliphatic rings. The van der Waals surface area contributed by atoms with Gasteiger partial charge in [0.15, 0.2) is 5.52 Å². The number of amides is 1. The molecule has 0 spiro atoms. The highest BCUT2D eigenvalue weighted by Gasteiger charge is 2.21. The van der Waals surface area contributed by atoms with Crippen LogP contribution in [0.3, 0.4) is 0 Å². The molecule has 0 aliphatic carbocycles. The average Bonchev–Trinajstić information content (AvgIpc) is 3.26. The summed E-state index contributed by atoms with van der Waals surface area (Å²) in [7, 11) is 0. The van der Waals surface area contributed by atoms with Gasteiger partial charge in [-0.15, -0.1) is 0 Å². The van der Waals surface area contributed by atoms with Crippen molar-refractivity contribution in [1.82, 2.24) is 29.4 Å². The summed E-state index contributed by atoms with van der Waals surface area (Å²) >= 11 is 0. The van der Waals surface area contributed by atoms with Gasteiger partial charge < -0.3 is 4.90 Å². The van der Waals surface area contributed by atoms with Crippen LogP contribution in [0.1, 0.15) is 35.4 Å². The van der Waals surface area contributed by atoms with Crippen LogP contribution < -0.4 is 5.56 Å². The molecule has 1 saturated heterocycles. The van der Waals surface area contributed by atoms with Crippen LogP contribution in [0.25, 0.3) is 16.6 Å². The summed E-state index contributed by atoms with van der Waals surface area (Å²) in [5.74, 6) is 0.143. The van der Waals surface area contributed by atoms with Crippen molar-refractivity contribution in [2.24, 2.45) is 0 Å². The predicted octanol–water partition coefficient (Wildman–Crippen LogP) is 3.63. The summed E-state index contributed by atoms with van der Waals surface area (Å²) in [5.41, 5.74) is 5.26. The Labute approximate surface area is 217 Å². The van der Waals surface area contributed by atoms with Crippen LogP contribution in [0.2, 0.25) is 0 Å². The molecule has 4 aromatic rings. The van der Waals surface area contributed by atoms with Gasteiger partial charge >= 0.3 is 0 Å². The molecule has 0 radical (unpaired) electrons. The van der Waals surface area contributed by atoms with Gasteiger partial charge in [0.1, 0.15) is 0 Å². The van der Waals surface area contributed by atoms with Crippen LogP contribution in [-0.4, -0.2) is 61.4 Å². The average molecular weight is 499 g/mol. The van der Waals surface area contributed by atoms with E-state index in [1.165, 1.54) is 15.8 Å². The first-order valence-electron chi connectivity index (χ1n) is 13.0. The third-order valence-electron chi connectivity index (χ3n) is 7.20. The normalized spacial score (nSPS) is 14.4. The van der Waals surface area contributed by atoms with Crippen molar-refractivity contribution in [1.29, 1.82) is 0 Å². The Kier molecular flexibility index (Phi) is 7.19. The highest BCUT2D eigenvalue weighted by molar-refractivity contribution is 5.83. The zero-order valence-corrected chi connectivity index (χ0v) is 21.9. The van der Waals surface area contributed by atoms with E-state index in [4.69, 9.17) is 0 Å². The minimum Gasteiger partial charge on any atom is -0.340 e. The third kappa shape index (κ3) is 5.34. The first-order valence-corrected chi connectivity index (χ1v) is 13.0. The Morgan fingerprint density at radius 1 is 0.892 bits per heavy atom. The molecule has 8 nitrogen and oxygen atoms in total. The van der Waals surface area contributed by atoms with Gasteiger partial charge in [-0.3, -0.25) is 14.5 Å². The molecule has 0 atom stereocenters. The Morgan fingerprint density at radius 2 is 1.59 bits per heavy atom. The SMILES string of the molecule is Cc1ccc(-n2nc3c(=O)n(CCCC(=O)N4CCN(Cc5ccccc5)CC4)nc(C)c3c2C)cc1. The topological polar surface area (TPSA) is 76.3 Å².